The number of carboxylic acid groups (broad SMARTS) is 1. The standard InChI is InChI=1S/C13H23NO6/c1-12(2,3)20-11(17)14-7-9(19-5)6-13(14,8-18-4)10(15)16/h9H,6-8H2,1-5H3,(H,15,16)/t9-,13+/m0/s1. The summed E-state index contributed by atoms with van der Waals surface area (Å²) in [6, 6.07) is 0. The van der Waals surface area contributed by atoms with Gasteiger partial charge in [0.25, 0.3) is 0 Å². The molecule has 2 atom stereocenters. The van der Waals surface area contributed by atoms with Crippen LogP contribution in [0, 0.1) is 0 Å². The number of carbonyl (C=O) groups is 2. The number of likely N-dealkylation sites (tertiary alicyclic amines) is 1. The van der Waals surface area contributed by atoms with Crippen molar-refractivity contribution >= 4 is 12.1 Å². The fourth-order valence-electron chi connectivity index (χ4n) is 2.29. The number of carboxylic acids is 1. The molecule has 1 aliphatic rings. The number of carbonyl (C=O) groups excluding carboxylic acids is 1. The number of methoxy groups -OCH3 is 2. The normalized spacial score (nSPS) is 26.6. The molecule has 1 saturated heterocycles. The van der Waals surface area contributed by atoms with Crippen molar-refractivity contribution in [2.75, 3.05) is 27.4 Å². The summed E-state index contributed by atoms with van der Waals surface area (Å²) in [4.78, 5) is 25.1. The molecule has 0 unspecified atom stereocenters. The average Bonchev–Trinajstić information content (AvgIpc) is 2.67. The molecular weight excluding hydrogens is 266 g/mol. The van der Waals surface area contributed by atoms with Crippen molar-refractivity contribution in [1.29, 1.82) is 0 Å². The zero-order valence-corrected chi connectivity index (χ0v) is 12.6. The minimum Gasteiger partial charge on any atom is -0.479 e. The second kappa shape index (κ2) is 5.97. The summed E-state index contributed by atoms with van der Waals surface area (Å²) in [5, 5.41) is 9.54. The lowest BCUT2D eigenvalue weighted by atomic mass is 9.97. The second-order valence-electron chi connectivity index (χ2n) is 5.92. The van der Waals surface area contributed by atoms with Crippen molar-refractivity contribution in [2.24, 2.45) is 0 Å². The first kappa shape index (κ1) is 16.7. The van der Waals surface area contributed by atoms with Crippen molar-refractivity contribution in [2.45, 2.75) is 44.4 Å². The number of hydrogen-bond acceptors (Lipinski definition) is 5. The van der Waals surface area contributed by atoms with Gasteiger partial charge in [0, 0.05) is 20.6 Å². The first-order chi connectivity index (χ1) is 9.16. The van der Waals surface area contributed by atoms with E-state index < -0.39 is 23.2 Å². The van der Waals surface area contributed by atoms with Crippen LogP contribution in [-0.2, 0) is 19.0 Å². The van der Waals surface area contributed by atoms with E-state index in [0.29, 0.717) is 0 Å². The Bertz CT molecular complexity index is 378. The quantitative estimate of drug-likeness (QED) is 0.834. The van der Waals surface area contributed by atoms with Crippen LogP contribution in [0.3, 0.4) is 0 Å². The molecule has 20 heavy (non-hydrogen) atoms. The lowest BCUT2D eigenvalue weighted by molar-refractivity contribution is -0.153. The van der Waals surface area contributed by atoms with E-state index in [2.05, 4.69) is 0 Å². The largest absolute Gasteiger partial charge is 0.479 e. The Hall–Kier alpha value is -1.34. The van der Waals surface area contributed by atoms with Crippen LogP contribution in [0.2, 0.25) is 0 Å². The highest BCUT2D eigenvalue weighted by Gasteiger charge is 2.55. The van der Waals surface area contributed by atoms with Gasteiger partial charge >= 0.3 is 12.1 Å². The highest BCUT2D eigenvalue weighted by atomic mass is 16.6. The van der Waals surface area contributed by atoms with Gasteiger partial charge < -0.3 is 19.3 Å². The predicted molar refractivity (Wildman–Crippen MR) is 70.6 cm³/mol. The van der Waals surface area contributed by atoms with Crippen molar-refractivity contribution in [3.63, 3.8) is 0 Å². The van der Waals surface area contributed by atoms with Gasteiger partial charge in [-0.05, 0) is 20.8 Å². The molecule has 0 spiro atoms. The summed E-state index contributed by atoms with van der Waals surface area (Å²) < 4.78 is 15.5. The molecule has 1 fully saturated rings. The fraction of sp³-hybridized carbons (Fsp3) is 0.846. The predicted octanol–water partition coefficient (Wildman–Crippen LogP) is 1.11. The van der Waals surface area contributed by atoms with Gasteiger partial charge in [0.2, 0.25) is 0 Å². The van der Waals surface area contributed by atoms with Crippen LogP contribution in [0.5, 0.6) is 0 Å². The maximum atomic E-state index is 12.2. The molecule has 0 aliphatic carbocycles. The van der Waals surface area contributed by atoms with Crippen molar-refractivity contribution < 1.29 is 28.9 Å². The molecule has 1 heterocycles. The van der Waals surface area contributed by atoms with Gasteiger partial charge in [0.1, 0.15) is 5.60 Å². The zero-order valence-electron chi connectivity index (χ0n) is 12.6. The Morgan fingerprint density at radius 3 is 2.35 bits per heavy atom. The minimum absolute atomic E-state index is 0.110. The molecular formula is C13H23NO6. The van der Waals surface area contributed by atoms with Gasteiger partial charge in [0.05, 0.1) is 19.3 Å². The lowest BCUT2D eigenvalue weighted by Gasteiger charge is -2.34. The first-order valence-electron chi connectivity index (χ1n) is 6.42. The third-order valence-corrected chi connectivity index (χ3v) is 3.20. The number of hydrogen-bond donors (Lipinski definition) is 1. The summed E-state index contributed by atoms with van der Waals surface area (Å²) in [6.07, 6.45) is -0.850. The Morgan fingerprint density at radius 1 is 1.35 bits per heavy atom. The number of aliphatic carboxylic acids is 1. The molecule has 1 aliphatic heterocycles. The van der Waals surface area contributed by atoms with Crippen molar-refractivity contribution in [1.82, 2.24) is 4.90 Å². The Morgan fingerprint density at radius 2 is 1.95 bits per heavy atom. The van der Waals surface area contributed by atoms with Crippen LogP contribution in [0.4, 0.5) is 4.79 Å². The van der Waals surface area contributed by atoms with Gasteiger partial charge in [-0.15, -0.1) is 0 Å². The molecule has 0 radical (unpaired) electrons. The van der Waals surface area contributed by atoms with Crippen LogP contribution >= 0.6 is 0 Å². The fourth-order valence-corrected chi connectivity index (χ4v) is 2.29. The topological polar surface area (TPSA) is 85.3 Å². The summed E-state index contributed by atoms with van der Waals surface area (Å²) >= 11 is 0. The first-order valence-corrected chi connectivity index (χ1v) is 6.42. The van der Waals surface area contributed by atoms with Crippen LogP contribution in [0.25, 0.3) is 0 Å². The molecule has 0 bridgehead atoms. The summed E-state index contributed by atoms with van der Waals surface area (Å²) in [5.41, 5.74) is -2.14. The molecule has 1 amide bonds. The molecule has 0 aromatic heterocycles. The van der Waals surface area contributed by atoms with E-state index in [0.717, 1.165) is 0 Å². The van der Waals surface area contributed by atoms with E-state index in [1.807, 2.05) is 0 Å². The Kier molecular flexibility index (Phi) is 4.99. The zero-order chi connectivity index (χ0) is 15.6. The second-order valence-corrected chi connectivity index (χ2v) is 5.92. The van der Waals surface area contributed by atoms with Crippen molar-refractivity contribution in [3.8, 4) is 0 Å². The van der Waals surface area contributed by atoms with Gasteiger partial charge in [0.15, 0.2) is 5.54 Å². The monoisotopic (exact) mass is 289 g/mol. The SMILES string of the molecule is COC[C@@]1(C(=O)O)C[C@H](OC)CN1C(=O)OC(C)(C)C. The van der Waals surface area contributed by atoms with Crippen LogP contribution in [0.15, 0.2) is 0 Å². The summed E-state index contributed by atoms with van der Waals surface area (Å²) in [5.74, 6) is -1.12. The van der Waals surface area contributed by atoms with Gasteiger partial charge in [-0.3, -0.25) is 4.90 Å². The number of nitrogens with zero attached hydrogens (tertiary/aromatic N) is 1. The number of amides is 1. The van der Waals surface area contributed by atoms with E-state index >= 15 is 0 Å². The van der Waals surface area contributed by atoms with Gasteiger partial charge in [-0.1, -0.05) is 0 Å². The van der Waals surface area contributed by atoms with E-state index in [1.165, 1.54) is 19.1 Å². The maximum absolute atomic E-state index is 12.2. The van der Waals surface area contributed by atoms with E-state index in [9.17, 15) is 14.7 Å². The van der Waals surface area contributed by atoms with Crippen LogP contribution < -0.4 is 0 Å². The van der Waals surface area contributed by atoms with E-state index in [1.54, 1.807) is 20.8 Å². The third kappa shape index (κ3) is 3.40. The minimum atomic E-state index is -1.45. The van der Waals surface area contributed by atoms with Crippen LogP contribution in [0.1, 0.15) is 27.2 Å². The van der Waals surface area contributed by atoms with Crippen LogP contribution in [-0.4, -0.2) is 66.7 Å². The molecule has 1 N–H and O–H groups in total. The van der Waals surface area contributed by atoms with Gasteiger partial charge in [-0.2, -0.15) is 0 Å². The third-order valence-electron chi connectivity index (χ3n) is 3.20. The molecule has 7 nitrogen and oxygen atoms in total. The van der Waals surface area contributed by atoms with Gasteiger partial charge in [-0.25, -0.2) is 9.59 Å². The highest BCUT2D eigenvalue weighted by molar-refractivity contribution is 5.85. The summed E-state index contributed by atoms with van der Waals surface area (Å²) in [7, 11) is 2.89. The number of rotatable bonds is 4. The molecule has 0 aromatic carbocycles. The average molecular weight is 289 g/mol. The number of ether oxygens (including phenoxy) is 3. The molecule has 116 valence electrons. The van der Waals surface area contributed by atoms with E-state index in [-0.39, 0.29) is 25.7 Å². The smallest absolute Gasteiger partial charge is 0.411 e. The molecule has 0 saturated carbocycles. The molecule has 7 heteroatoms. The molecule has 0 aromatic rings. The van der Waals surface area contributed by atoms with E-state index in [4.69, 9.17) is 14.2 Å². The Balaban J connectivity index is 3.05. The maximum Gasteiger partial charge on any atom is 0.411 e. The Labute approximate surface area is 118 Å². The molecule has 1 rings (SSSR count). The van der Waals surface area contributed by atoms with Crippen molar-refractivity contribution in [3.05, 3.63) is 0 Å². The summed E-state index contributed by atoms with van der Waals surface area (Å²) in [6.45, 7) is 5.25. The lowest BCUT2D eigenvalue weighted by Crippen LogP contribution is -2.57. The highest BCUT2D eigenvalue weighted by Crippen LogP contribution is 2.33.